The van der Waals surface area contributed by atoms with Crippen molar-refractivity contribution >= 4 is 0 Å². The smallest absolute Gasteiger partial charge is 0.213 e. The van der Waals surface area contributed by atoms with E-state index in [2.05, 4.69) is 43.8 Å². The van der Waals surface area contributed by atoms with Crippen molar-refractivity contribution in [3.05, 3.63) is 72.4 Å². The summed E-state index contributed by atoms with van der Waals surface area (Å²) in [6.07, 6.45) is 11.8. The van der Waals surface area contributed by atoms with Gasteiger partial charge >= 0.3 is 0 Å². The predicted molar refractivity (Wildman–Crippen MR) is 110 cm³/mol. The summed E-state index contributed by atoms with van der Waals surface area (Å²) in [4.78, 5) is 11.3. The molecule has 0 bridgehead atoms. The summed E-state index contributed by atoms with van der Waals surface area (Å²) in [5.74, 6) is 2.02. The molecule has 29 heavy (non-hydrogen) atoms. The number of pyridine rings is 2. The van der Waals surface area contributed by atoms with Gasteiger partial charge in [0.1, 0.15) is 6.10 Å². The second-order valence-electron chi connectivity index (χ2n) is 8.37. The van der Waals surface area contributed by atoms with Crippen LogP contribution >= 0.6 is 0 Å². The Morgan fingerprint density at radius 3 is 2.69 bits per heavy atom. The first-order chi connectivity index (χ1) is 14.3. The van der Waals surface area contributed by atoms with E-state index >= 15 is 0 Å². The standard InChI is InChI=1S/C23H27N5O/c1-17-6-9-24-13-20(17)16-27-14-18-11-21(28-10-4-8-26-28)22(12-19(18)15-27)29-23-5-2-3-7-25-23/h2-10,13,18-19,21-22H,11-12,14-16H2,1H3/t18-,19+,21-,22-/m0/s1. The highest BCUT2D eigenvalue weighted by atomic mass is 16.5. The van der Waals surface area contributed by atoms with Gasteiger partial charge in [0.15, 0.2) is 0 Å². The van der Waals surface area contributed by atoms with Crippen molar-refractivity contribution in [3.63, 3.8) is 0 Å². The van der Waals surface area contributed by atoms with Crippen LogP contribution in [0, 0.1) is 18.8 Å². The third-order valence-corrected chi connectivity index (χ3v) is 6.48. The van der Waals surface area contributed by atoms with E-state index in [9.17, 15) is 0 Å². The fourth-order valence-corrected chi connectivity index (χ4v) is 4.97. The van der Waals surface area contributed by atoms with Crippen LogP contribution in [-0.2, 0) is 6.54 Å². The van der Waals surface area contributed by atoms with Crippen molar-refractivity contribution in [2.75, 3.05) is 13.1 Å². The number of ether oxygens (including phenoxy) is 1. The molecule has 0 N–H and O–H groups in total. The summed E-state index contributed by atoms with van der Waals surface area (Å²) < 4.78 is 8.45. The average Bonchev–Trinajstić information content (AvgIpc) is 3.39. The first kappa shape index (κ1) is 18.3. The normalized spacial score (nSPS) is 26.9. The van der Waals surface area contributed by atoms with Gasteiger partial charge in [-0.3, -0.25) is 14.6 Å². The van der Waals surface area contributed by atoms with Crippen LogP contribution in [0.15, 0.2) is 61.3 Å². The molecule has 4 heterocycles. The quantitative estimate of drug-likeness (QED) is 0.668. The number of aryl methyl sites for hydroxylation is 1. The molecule has 5 rings (SSSR count). The molecule has 0 spiro atoms. The zero-order valence-corrected chi connectivity index (χ0v) is 16.8. The molecular formula is C23H27N5O. The Hall–Kier alpha value is -2.73. The minimum Gasteiger partial charge on any atom is -0.472 e. The Bertz CT molecular complexity index is 929. The monoisotopic (exact) mass is 389 g/mol. The maximum Gasteiger partial charge on any atom is 0.213 e. The Morgan fingerprint density at radius 2 is 1.93 bits per heavy atom. The van der Waals surface area contributed by atoms with E-state index in [1.165, 1.54) is 11.1 Å². The molecule has 1 aliphatic heterocycles. The van der Waals surface area contributed by atoms with E-state index in [0.29, 0.717) is 17.7 Å². The highest BCUT2D eigenvalue weighted by Gasteiger charge is 2.44. The molecule has 2 fully saturated rings. The van der Waals surface area contributed by atoms with Crippen LogP contribution in [0.2, 0.25) is 0 Å². The molecule has 3 aromatic rings. The Labute approximate surface area is 171 Å². The fourth-order valence-electron chi connectivity index (χ4n) is 4.97. The number of fused-ring (bicyclic) bond motifs is 1. The van der Waals surface area contributed by atoms with E-state index in [0.717, 1.165) is 32.5 Å². The molecule has 0 amide bonds. The maximum atomic E-state index is 6.37. The van der Waals surface area contributed by atoms with Crippen molar-refractivity contribution in [1.82, 2.24) is 24.6 Å². The summed E-state index contributed by atoms with van der Waals surface area (Å²) in [5, 5.41) is 4.54. The van der Waals surface area contributed by atoms with E-state index in [1.54, 1.807) is 6.20 Å². The first-order valence-electron chi connectivity index (χ1n) is 10.4. The van der Waals surface area contributed by atoms with Crippen molar-refractivity contribution in [2.24, 2.45) is 11.8 Å². The Balaban J connectivity index is 1.33. The summed E-state index contributed by atoms with van der Waals surface area (Å²) in [6, 6.07) is 10.2. The molecule has 1 saturated heterocycles. The van der Waals surface area contributed by atoms with Gasteiger partial charge in [-0.1, -0.05) is 6.07 Å². The minimum atomic E-state index is 0.0890. The summed E-state index contributed by atoms with van der Waals surface area (Å²) >= 11 is 0. The number of rotatable bonds is 5. The predicted octanol–water partition coefficient (Wildman–Crippen LogP) is 3.51. The van der Waals surface area contributed by atoms with Crippen molar-refractivity contribution < 1.29 is 4.74 Å². The molecule has 1 aliphatic carbocycles. The molecule has 3 aromatic heterocycles. The summed E-state index contributed by atoms with van der Waals surface area (Å²) in [5.41, 5.74) is 2.65. The van der Waals surface area contributed by atoms with Gasteiger partial charge in [0, 0.05) is 56.7 Å². The van der Waals surface area contributed by atoms with Crippen molar-refractivity contribution in [3.8, 4) is 5.88 Å². The third kappa shape index (κ3) is 3.90. The molecule has 6 nitrogen and oxygen atoms in total. The second kappa shape index (κ2) is 7.95. The molecular weight excluding hydrogens is 362 g/mol. The molecule has 150 valence electrons. The topological polar surface area (TPSA) is 56.1 Å². The van der Waals surface area contributed by atoms with Gasteiger partial charge in [-0.05, 0) is 60.9 Å². The minimum absolute atomic E-state index is 0.0890. The van der Waals surface area contributed by atoms with Crippen LogP contribution < -0.4 is 4.74 Å². The van der Waals surface area contributed by atoms with Gasteiger partial charge in [0.25, 0.3) is 0 Å². The highest BCUT2D eigenvalue weighted by molar-refractivity contribution is 5.21. The maximum absolute atomic E-state index is 6.37. The van der Waals surface area contributed by atoms with Gasteiger partial charge < -0.3 is 4.74 Å². The number of hydrogen-bond acceptors (Lipinski definition) is 5. The average molecular weight is 390 g/mol. The van der Waals surface area contributed by atoms with Crippen LogP contribution in [0.1, 0.15) is 30.0 Å². The molecule has 4 atom stereocenters. The lowest BCUT2D eigenvalue weighted by Crippen LogP contribution is -2.40. The molecule has 6 heteroatoms. The van der Waals surface area contributed by atoms with Gasteiger partial charge in [0.05, 0.1) is 6.04 Å². The van der Waals surface area contributed by atoms with Crippen LogP contribution in [0.4, 0.5) is 0 Å². The number of hydrogen-bond donors (Lipinski definition) is 0. The summed E-state index contributed by atoms with van der Waals surface area (Å²) in [7, 11) is 0. The van der Waals surface area contributed by atoms with Crippen molar-refractivity contribution in [1.29, 1.82) is 0 Å². The lowest BCUT2D eigenvalue weighted by atomic mass is 9.77. The van der Waals surface area contributed by atoms with Crippen LogP contribution in [-0.4, -0.2) is 43.8 Å². The van der Waals surface area contributed by atoms with Gasteiger partial charge in [-0.25, -0.2) is 4.98 Å². The molecule has 0 aromatic carbocycles. The number of likely N-dealkylation sites (tertiary alicyclic amines) is 1. The number of nitrogens with zero attached hydrogens (tertiary/aromatic N) is 5. The van der Waals surface area contributed by atoms with E-state index in [4.69, 9.17) is 4.74 Å². The zero-order valence-electron chi connectivity index (χ0n) is 16.8. The molecule has 0 unspecified atom stereocenters. The van der Waals surface area contributed by atoms with Crippen molar-refractivity contribution in [2.45, 2.75) is 38.5 Å². The lowest BCUT2D eigenvalue weighted by molar-refractivity contribution is 0.0459. The number of aromatic nitrogens is 4. The highest BCUT2D eigenvalue weighted by Crippen LogP contribution is 2.42. The Kier molecular flexibility index (Phi) is 5.02. The lowest BCUT2D eigenvalue weighted by Gasteiger charge is -2.37. The second-order valence-corrected chi connectivity index (χ2v) is 8.37. The largest absolute Gasteiger partial charge is 0.472 e. The van der Waals surface area contributed by atoms with Gasteiger partial charge in [-0.2, -0.15) is 5.10 Å². The fraction of sp³-hybridized carbons (Fsp3) is 0.435. The van der Waals surface area contributed by atoms with Crippen LogP contribution in [0.5, 0.6) is 5.88 Å². The van der Waals surface area contributed by atoms with Gasteiger partial charge in [0.2, 0.25) is 5.88 Å². The van der Waals surface area contributed by atoms with Gasteiger partial charge in [-0.15, -0.1) is 0 Å². The first-order valence-corrected chi connectivity index (χ1v) is 10.4. The third-order valence-electron chi connectivity index (χ3n) is 6.48. The van der Waals surface area contributed by atoms with E-state index in [-0.39, 0.29) is 12.1 Å². The van der Waals surface area contributed by atoms with E-state index < -0.39 is 0 Å². The SMILES string of the molecule is Cc1ccncc1CN1C[C@H]2C[C@H](Oc3ccccn3)[C@@H](n3cccn3)C[C@H]2C1. The molecule has 0 radical (unpaired) electrons. The summed E-state index contributed by atoms with van der Waals surface area (Å²) in [6.45, 7) is 5.40. The van der Waals surface area contributed by atoms with E-state index in [1.807, 2.05) is 42.9 Å². The molecule has 2 aliphatic rings. The molecule has 1 saturated carbocycles. The Morgan fingerprint density at radius 1 is 1.03 bits per heavy atom. The van der Waals surface area contributed by atoms with Crippen LogP contribution in [0.25, 0.3) is 0 Å². The zero-order chi connectivity index (χ0) is 19.6. The van der Waals surface area contributed by atoms with Crippen LogP contribution in [0.3, 0.4) is 0 Å².